The van der Waals surface area contributed by atoms with Gasteiger partial charge in [-0.1, -0.05) is 24.3 Å². The molecule has 2 aliphatic rings. The molecule has 1 fully saturated rings. The highest BCUT2D eigenvalue weighted by Crippen LogP contribution is 2.26. The molecule has 8 nitrogen and oxygen atoms in total. The highest BCUT2D eigenvalue weighted by atomic mass is 16.4. The minimum Gasteiger partial charge on any atom is -0.415 e. The molecule has 1 aromatic carbocycles. The molecule has 158 valence electrons. The van der Waals surface area contributed by atoms with Gasteiger partial charge in [-0.15, -0.1) is 10.2 Å². The van der Waals surface area contributed by atoms with Crippen molar-refractivity contribution in [2.75, 3.05) is 26.2 Å². The van der Waals surface area contributed by atoms with Crippen molar-refractivity contribution in [3.05, 3.63) is 54.5 Å². The van der Waals surface area contributed by atoms with Gasteiger partial charge >= 0.3 is 6.03 Å². The first kappa shape index (κ1) is 19.4. The van der Waals surface area contributed by atoms with Crippen LogP contribution in [-0.2, 0) is 0 Å². The molecule has 2 aliphatic heterocycles. The fraction of sp³-hybridized carbons (Fsp3) is 0.348. The fourth-order valence-corrected chi connectivity index (χ4v) is 4.01. The molecule has 1 saturated heterocycles. The zero-order valence-electron chi connectivity index (χ0n) is 17.3. The molecule has 31 heavy (non-hydrogen) atoms. The van der Waals surface area contributed by atoms with Crippen LogP contribution in [0.1, 0.15) is 31.4 Å². The van der Waals surface area contributed by atoms with Gasteiger partial charge in [-0.05, 0) is 43.4 Å². The van der Waals surface area contributed by atoms with E-state index in [1.807, 2.05) is 40.1 Å². The summed E-state index contributed by atoms with van der Waals surface area (Å²) in [6.45, 7) is 3.02. The number of benzene rings is 1. The summed E-state index contributed by atoms with van der Waals surface area (Å²) in [5.41, 5.74) is 3.26. The number of hydrogen-bond donors (Lipinski definition) is 0. The lowest BCUT2D eigenvalue weighted by molar-refractivity contribution is 0.147. The maximum Gasteiger partial charge on any atom is 0.320 e. The lowest BCUT2D eigenvalue weighted by atomic mass is 10.1. The summed E-state index contributed by atoms with van der Waals surface area (Å²) in [4.78, 5) is 25.6. The zero-order chi connectivity index (χ0) is 21.0. The molecule has 0 N–H and O–H groups in total. The maximum atomic E-state index is 12.7. The van der Waals surface area contributed by atoms with Crippen molar-refractivity contribution in [2.45, 2.75) is 25.7 Å². The number of urea groups is 1. The van der Waals surface area contributed by atoms with Crippen molar-refractivity contribution in [1.29, 1.82) is 0 Å². The van der Waals surface area contributed by atoms with E-state index in [1.165, 1.54) is 6.42 Å². The average molecular weight is 416 g/mol. The first-order chi connectivity index (χ1) is 15.3. The number of hydrogen-bond acceptors (Lipinski definition) is 6. The summed E-state index contributed by atoms with van der Waals surface area (Å²) >= 11 is 0. The van der Waals surface area contributed by atoms with Crippen molar-refractivity contribution in [2.24, 2.45) is 0 Å². The molecule has 0 saturated carbocycles. The number of amides is 2. The summed E-state index contributed by atoms with van der Waals surface area (Å²) in [5.74, 6) is 0.790. The third kappa shape index (κ3) is 4.19. The molecule has 3 aromatic rings. The van der Waals surface area contributed by atoms with Gasteiger partial charge in [0.1, 0.15) is 5.69 Å². The van der Waals surface area contributed by atoms with E-state index in [2.05, 4.69) is 21.3 Å². The minimum absolute atomic E-state index is 0.147. The quantitative estimate of drug-likeness (QED) is 0.644. The van der Waals surface area contributed by atoms with E-state index in [4.69, 9.17) is 9.40 Å². The topological polar surface area (TPSA) is 88.2 Å². The van der Waals surface area contributed by atoms with Crippen molar-refractivity contribution >= 4 is 11.6 Å². The molecule has 0 spiro atoms. The first-order valence-electron chi connectivity index (χ1n) is 10.7. The van der Waals surface area contributed by atoms with Gasteiger partial charge in [-0.25, -0.2) is 9.78 Å². The molecule has 2 amide bonds. The number of piperidine rings is 1. The van der Waals surface area contributed by atoms with Gasteiger partial charge in [0.05, 0.1) is 18.1 Å². The van der Waals surface area contributed by atoms with Gasteiger partial charge in [-0.3, -0.25) is 4.98 Å². The van der Waals surface area contributed by atoms with Crippen LogP contribution in [-0.4, -0.2) is 62.2 Å². The zero-order valence-corrected chi connectivity index (χ0v) is 17.3. The van der Waals surface area contributed by atoms with Crippen molar-refractivity contribution in [3.63, 3.8) is 0 Å². The molecular formula is C23H24N6O2. The van der Waals surface area contributed by atoms with Gasteiger partial charge in [0, 0.05) is 31.7 Å². The molecule has 0 radical (unpaired) electrons. The van der Waals surface area contributed by atoms with Crippen LogP contribution in [0.25, 0.3) is 28.6 Å². The van der Waals surface area contributed by atoms with Crippen LogP contribution in [0, 0.1) is 0 Å². The molecule has 0 aliphatic carbocycles. The molecule has 2 aromatic heterocycles. The fourth-order valence-electron chi connectivity index (χ4n) is 4.01. The van der Waals surface area contributed by atoms with Crippen molar-refractivity contribution < 1.29 is 9.21 Å². The summed E-state index contributed by atoms with van der Waals surface area (Å²) in [5, 5.41) is 8.27. The van der Waals surface area contributed by atoms with Crippen molar-refractivity contribution in [1.82, 2.24) is 30.0 Å². The summed E-state index contributed by atoms with van der Waals surface area (Å²) < 4.78 is 5.81. The van der Waals surface area contributed by atoms with E-state index >= 15 is 0 Å². The third-order valence-corrected chi connectivity index (χ3v) is 5.73. The molecule has 5 rings (SSSR count). The first-order valence-corrected chi connectivity index (χ1v) is 10.7. The lowest BCUT2D eigenvalue weighted by Crippen LogP contribution is -2.46. The van der Waals surface area contributed by atoms with Crippen LogP contribution in [0.2, 0.25) is 0 Å². The van der Waals surface area contributed by atoms with Crippen LogP contribution in [0.15, 0.2) is 53.2 Å². The molecule has 4 heterocycles. The molecule has 0 unspecified atom stereocenters. The number of carbonyl (C=O) groups excluding carboxylic acids is 1. The van der Waals surface area contributed by atoms with E-state index in [9.17, 15) is 4.79 Å². The SMILES string of the molecule is O=C(N1CC=C(c2cncc(-c3nnc(-c4ccccc4)o3)n2)CC1)N1CCCCC1. The Balaban J connectivity index is 1.30. The van der Waals surface area contributed by atoms with Gasteiger partial charge in [0.15, 0.2) is 0 Å². The van der Waals surface area contributed by atoms with Gasteiger partial charge in [-0.2, -0.15) is 0 Å². The number of nitrogens with zero attached hydrogens (tertiary/aromatic N) is 6. The molecular weight excluding hydrogens is 392 g/mol. The number of aromatic nitrogens is 4. The Morgan fingerprint density at radius 2 is 1.65 bits per heavy atom. The Hall–Kier alpha value is -3.55. The number of rotatable bonds is 3. The number of likely N-dealkylation sites (tertiary alicyclic amines) is 1. The van der Waals surface area contributed by atoms with E-state index in [-0.39, 0.29) is 6.03 Å². The summed E-state index contributed by atoms with van der Waals surface area (Å²) in [6.07, 6.45) is 9.61. The highest BCUT2D eigenvalue weighted by molar-refractivity contribution is 5.76. The molecule has 8 heteroatoms. The predicted molar refractivity (Wildman–Crippen MR) is 116 cm³/mol. The van der Waals surface area contributed by atoms with Gasteiger partial charge in [0.25, 0.3) is 5.89 Å². The lowest BCUT2D eigenvalue weighted by Gasteiger charge is -2.34. The standard InChI is InChI=1S/C23H24N6O2/c30-23(28-11-5-2-6-12-28)29-13-9-17(10-14-29)19-15-24-16-20(25-19)22-27-26-21(31-22)18-7-3-1-4-8-18/h1,3-4,7-9,15-16H,2,5-6,10-14H2. The summed E-state index contributed by atoms with van der Waals surface area (Å²) in [6, 6.07) is 9.78. The Morgan fingerprint density at radius 1 is 0.871 bits per heavy atom. The minimum atomic E-state index is 0.147. The van der Waals surface area contributed by atoms with Crippen LogP contribution < -0.4 is 0 Å². The Labute approximate surface area is 180 Å². The van der Waals surface area contributed by atoms with Crippen LogP contribution in [0.4, 0.5) is 4.79 Å². The van der Waals surface area contributed by atoms with E-state index in [0.29, 0.717) is 30.6 Å². The normalized spacial score (nSPS) is 16.8. The van der Waals surface area contributed by atoms with E-state index in [0.717, 1.165) is 49.2 Å². The Kier molecular flexibility index (Phi) is 5.43. The van der Waals surface area contributed by atoms with Crippen LogP contribution in [0.3, 0.4) is 0 Å². The largest absolute Gasteiger partial charge is 0.415 e. The van der Waals surface area contributed by atoms with E-state index in [1.54, 1.807) is 12.4 Å². The van der Waals surface area contributed by atoms with Gasteiger partial charge in [0.2, 0.25) is 5.89 Å². The average Bonchev–Trinajstić information content (AvgIpc) is 3.35. The van der Waals surface area contributed by atoms with Gasteiger partial charge < -0.3 is 14.2 Å². The van der Waals surface area contributed by atoms with Crippen LogP contribution in [0.5, 0.6) is 0 Å². The second kappa shape index (κ2) is 8.67. The Morgan fingerprint density at radius 3 is 2.42 bits per heavy atom. The second-order valence-corrected chi connectivity index (χ2v) is 7.82. The third-order valence-electron chi connectivity index (χ3n) is 5.73. The van der Waals surface area contributed by atoms with Crippen molar-refractivity contribution in [3.8, 4) is 23.0 Å². The summed E-state index contributed by atoms with van der Waals surface area (Å²) in [7, 11) is 0. The molecule has 0 atom stereocenters. The van der Waals surface area contributed by atoms with E-state index < -0.39 is 0 Å². The second-order valence-electron chi connectivity index (χ2n) is 7.82. The molecule has 0 bridgehead atoms. The number of carbonyl (C=O) groups is 1. The monoisotopic (exact) mass is 416 g/mol. The Bertz CT molecular complexity index is 1090. The highest BCUT2D eigenvalue weighted by Gasteiger charge is 2.24. The predicted octanol–water partition coefficient (Wildman–Crippen LogP) is 3.89. The van der Waals surface area contributed by atoms with Crippen LogP contribution >= 0.6 is 0 Å². The smallest absolute Gasteiger partial charge is 0.320 e. The maximum absolute atomic E-state index is 12.7.